The maximum absolute atomic E-state index is 13.1. The van der Waals surface area contributed by atoms with E-state index in [4.69, 9.17) is 4.74 Å². The Labute approximate surface area is 208 Å². The van der Waals surface area contributed by atoms with Crippen LogP contribution >= 0.6 is 0 Å². The normalized spacial score (nSPS) is 12.6. The largest absolute Gasteiger partial charge is 0.451 e. The van der Waals surface area contributed by atoms with Crippen molar-refractivity contribution in [2.24, 2.45) is 0 Å². The van der Waals surface area contributed by atoms with Crippen LogP contribution in [0.15, 0.2) is 59.5 Å². The van der Waals surface area contributed by atoms with E-state index in [1.165, 1.54) is 57.4 Å². The van der Waals surface area contributed by atoms with Crippen LogP contribution in [0.4, 0.5) is 8.78 Å². The summed E-state index contributed by atoms with van der Waals surface area (Å²) in [6.45, 7) is 2.03. The Hall–Kier alpha value is -3.57. The molecule has 0 saturated heterocycles. The number of benzene rings is 2. The number of carbonyl (C=O) groups excluding carboxylic acids is 2. The molecule has 0 fully saturated rings. The molecule has 0 aliphatic heterocycles. The van der Waals surface area contributed by atoms with Gasteiger partial charge in [-0.05, 0) is 75.4 Å². The summed E-state index contributed by atoms with van der Waals surface area (Å²) >= 11 is 0. The van der Waals surface area contributed by atoms with E-state index >= 15 is 0 Å². The van der Waals surface area contributed by atoms with E-state index in [1.54, 1.807) is 36.6 Å². The summed E-state index contributed by atoms with van der Waals surface area (Å²) in [4.78, 5) is 25.7. The number of ketones is 1. The molecule has 0 aliphatic carbocycles. The molecule has 0 amide bonds. The average molecular weight is 521 g/mol. The minimum Gasteiger partial charge on any atom is -0.451 e. The predicted octanol–water partition coefficient (Wildman–Crippen LogP) is 4.37. The monoisotopic (exact) mass is 520 g/mol. The molecule has 2 aromatic carbocycles. The third-order valence-corrected chi connectivity index (χ3v) is 7.37. The number of ether oxygens (including phenoxy) is 2. The molecule has 8 nitrogen and oxygen atoms in total. The Balaban J connectivity index is 1.76. The Morgan fingerprint density at radius 3 is 2.08 bits per heavy atom. The second-order valence-electron chi connectivity index (χ2n) is 8.22. The maximum atomic E-state index is 13.1. The summed E-state index contributed by atoms with van der Waals surface area (Å²) in [5.41, 5.74) is 2.39. The second kappa shape index (κ2) is 10.6. The zero-order chi connectivity index (χ0) is 26.8. The van der Waals surface area contributed by atoms with Crippen LogP contribution in [0.2, 0.25) is 0 Å². The maximum Gasteiger partial charge on any atom is 0.387 e. The van der Waals surface area contributed by atoms with E-state index in [1.807, 2.05) is 0 Å². The summed E-state index contributed by atoms with van der Waals surface area (Å²) in [5, 5.41) is 0. The van der Waals surface area contributed by atoms with Crippen molar-refractivity contribution in [1.82, 2.24) is 8.87 Å². The van der Waals surface area contributed by atoms with Crippen molar-refractivity contribution in [2.75, 3.05) is 14.1 Å². The number of carbonyl (C=O) groups is 2. The zero-order valence-electron chi connectivity index (χ0n) is 20.4. The number of nitrogens with zero attached hydrogens (tertiary/aromatic N) is 2. The minimum absolute atomic E-state index is 0.0143. The van der Waals surface area contributed by atoms with Crippen molar-refractivity contribution in [3.63, 3.8) is 0 Å². The number of hydrogen-bond acceptors (Lipinski definition) is 6. The number of rotatable bonds is 9. The molecule has 36 heavy (non-hydrogen) atoms. The molecule has 11 heteroatoms. The fourth-order valence-electron chi connectivity index (χ4n) is 3.66. The number of aromatic nitrogens is 1. The van der Waals surface area contributed by atoms with Crippen molar-refractivity contribution in [3.8, 4) is 11.4 Å². The quantitative estimate of drug-likeness (QED) is 0.307. The van der Waals surface area contributed by atoms with Gasteiger partial charge in [-0.2, -0.15) is 8.78 Å². The lowest BCUT2D eigenvalue weighted by Gasteiger charge is -2.14. The average Bonchev–Trinajstić information content (AvgIpc) is 3.12. The summed E-state index contributed by atoms with van der Waals surface area (Å²) < 4.78 is 61.7. The van der Waals surface area contributed by atoms with Gasteiger partial charge in [-0.25, -0.2) is 17.5 Å². The van der Waals surface area contributed by atoms with Gasteiger partial charge in [0.05, 0.1) is 10.5 Å². The van der Waals surface area contributed by atoms with Gasteiger partial charge in [0.15, 0.2) is 6.10 Å². The Kier molecular flexibility index (Phi) is 7.95. The molecular weight excluding hydrogens is 494 g/mol. The summed E-state index contributed by atoms with van der Waals surface area (Å²) in [6.07, 6.45) is -1.11. The van der Waals surface area contributed by atoms with Crippen molar-refractivity contribution < 1.29 is 36.3 Å². The Bertz CT molecular complexity index is 1360. The summed E-state index contributed by atoms with van der Waals surface area (Å²) in [6, 6.07) is 12.9. The van der Waals surface area contributed by atoms with E-state index in [0.717, 1.165) is 10.00 Å². The molecule has 1 unspecified atom stereocenters. The molecule has 1 aromatic heterocycles. The third kappa shape index (κ3) is 5.63. The molecule has 0 spiro atoms. The molecule has 0 bridgehead atoms. The standard InChI is InChI=1S/C25H26F2N2O6S/c1-15-14-22(16(2)29(15)19-8-10-20(11-9-19)35-25(26)27)23(30)17(3)34-24(31)18-6-12-21(13-7-18)36(32,33)28(4)5/h6-14,17,25H,1-5H3. The second-order valence-corrected chi connectivity index (χ2v) is 10.4. The number of aryl methyl sites for hydroxylation is 1. The minimum atomic E-state index is -3.64. The SMILES string of the molecule is Cc1cc(C(=O)C(C)OC(=O)c2ccc(S(=O)(=O)N(C)C)cc2)c(C)n1-c1ccc(OC(F)F)cc1. The highest BCUT2D eigenvalue weighted by molar-refractivity contribution is 7.89. The smallest absolute Gasteiger partial charge is 0.387 e. The molecule has 3 rings (SSSR count). The van der Waals surface area contributed by atoms with Crippen molar-refractivity contribution in [1.29, 1.82) is 0 Å². The van der Waals surface area contributed by atoms with Gasteiger partial charge in [0.1, 0.15) is 5.75 Å². The molecule has 0 saturated carbocycles. The first-order chi connectivity index (χ1) is 16.8. The van der Waals surface area contributed by atoms with Crippen molar-refractivity contribution in [3.05, 3.63) is 77.1 Å². The first kappa shape index (κ1) is 27.0. The van der Waals surface area contributed by atoms with Gasteiger partial charge in [-0.15, -0.1) is 0 Å². The van der Waals surface area contributed by atoms with E-state index < -0.39 is 34.5 Å². The Morgan fingerprint density at radius 1 is 0.972 bits per heavy atom. The van der Waals surface area contributed by atoms with Crippen LogP contribution in [0, 0.1) is 13.8 Å². The van der Waals surface area contributed by atoms with Crippen LogP contribution in [0.5, 0.6) is 5.75 Å². The van der Waals surface area contributed by atoms with Crippen molar-refractivity contribution >= 4 is 21.8 Å². The van der Waals surface area contributed by atoms with Crippen LogP contribution in [0.25, 0.3) is 5.69 Å². The molecule has 192 valence electrons. The lowest BCUT2D eigenvalue weighted by molar-refractivity contribution is -0.0498. The fraction of sp³-hybridized carbons (Fsp3) is 0.280. The lowest BCUT2D eigenvalue weighted by atomic mass is 10.1. The first-order valence-corrected chi connectivity index (χ1v) is 12.3. The molecule has 0 aliphatic rings. The van der Waals surface area contributed by atoms with Gasteiger partial charge in [-0.3, -0.25) is 4.79 Å². The molecule has 3 aromatic rings. The predicted molar refractivity (Wildman–Crippen MR) is 128 cm³/mol. The topological polar surface area (TPSA) is 94.9 Å². The van der Waals surface area contributed by atoms with E-state index in [0.29, 0.717) is 16.9 Å². The highest BCUT2D eigenvalue weighted by Gasteiger charge is 2.25. The molecular formula is C25H26F2N2O6S. The van der Waals surface area contributed by atoms with E-state index in [-0.39, 0.29) is 16.2 Å². The molecule has 0 N–H and O–H groups in total. The van der Waals surface area contributed by atoms with Gasteiger partial charge in [-0.1, -0.05) is 0 Å². The Morgan fingerprint density at radius 2 is 1.56 bits per heavy atom. The van der Waals surface area contributed by atoms with Crippen LogP contribution in [-0.2, 0) is 14.8 Å². The molecule has 1 atom stereocenters. The van der Waals surface area contributed by atoms with Crippen LogP contribution in [0.1, 0.15) is 39.0 Å². The third-order valence-electron chi connectivity index (χ3n) is 5.54. The van der Waals surface area contributed by atoms with Crippen molar-refractivity contribution in [2.45, 2.75) is 38.4 Å². The number of Topliss-reactive ketones (excluding diaryl/α,β-unsaturated/α-hetero) is 1. The number of halogens is 2. The van der Waals surface area contributed by atoms with Crippen LogP contribution in [0.3, 0.4) is 0 Å². The van der Waals surface area contributed by atoms with Gasteiger partial charge in [0.25, 0.3) is 0 Å². The van der Waals surface area contributed by atoms with E-state index in [2.05, 4.69) is 4.74 Å². The molecule has 1 heterocycles. The lowest BCUT2D eigenvalue weighted by Crippen LogP contribution is -2.25. The zero-order valence-corrected chi connectivity index (χ0v) is 21.2. The van der Waals surface area contributed by atoms with Gasteiger partial charge in [0.2, 0.25) is 15.8 Å². The summed E-state index contributed by atoms with van der Waals surface area (Å²) in [5.74, 6) is -1.18. The summed E-state index contributed by atoms with van der Waals surface area (Å²) in [7, 11) is -0.842. The van der Waals surface area contributed by atoms with E-state index in [9.17, 15) is 26.8 Å². The van der Waals surface area contributed by atoms with Gasteiger partial charge in [0, 0.05) is 36.7 Å². The number of esters is 1. The number of alkyl halides is 2. The fourth-order valence-corrected chi connectivity index (χ4v) is 4.56. The first-order valence-electron chi connectivity index (χ1n) is 10.8. The van der Waals surface area contributed by atoms with Gasteiger partial charge >= 0.3 is 12.6 Å². The van der Waals surface area contributed by atoms with Crippen LogP contribution in [-0.4, -0.2) is 55.9 Å². The number of sulfonamides is 1. The highest BCUT2D eigenvalue weighted by Crippen LogP contribution is 2.25. The molecule has 0 radical (unpaired) electrons. The number of hydrogen-bond donors (Lipinski definition) is 0. The van der Waals surface area contributed by atoms with Gasteiger partial charge < -0.3 is 14.0 Å². The highest BCUT2D eigenvalue weighted by atomic mass is 32.2. The van der Waals surface area contributed by atoms with Crippen LogP contribution < -0.4 is 4.74 Å².